The van der Waals surface area contributed by atoms with E-state index in [9.17, 15) is 4.79 Å². The van der Waals surface area contributed by atoms with E-state index in [0.717, 1.165) is 0 Å². The van der Waals surface area contributed by atoms with Crippen LogP contribution in [-0.4, -0.2) is 30.7 Å². The highest BCUT2D eigenvalue weighted by Crippen LogP contribution is 2.08. The van der Waals surface area contributed by atoms with Crippen LogP contribution < -0.4 is 0 Å². The van der Waals surface area contributed by atoms with Gasteiger partial charge in [0, 0.05) is 6.54 Å². The molecule has 1 saturated heterocycles. The third-order valence-corrected chi connectivity index (χ3v) is 1.77. The molecule has 0 N–H and O–H groups in total. The molecule has 0 spiro atoms. The molecule has 64 valence electrons. The molecule has 4 heteroatoms. The Morgan fingerprint density at radius 1 is 1.58 bits per heavy atom. The predicted octanol–water partition coefficient (Wildman–Crippen LogP) is 0.710. The second-order valence-corrected chi connectivity index (χ2v) is 2.58. The Morgan fingerprint density at radius 2 is 2.50 bits per heavy atom. The zero-order valence-corrected chi connectivity index (χ0v) is 6.53. The number of hydrogen-bond donors (Lipinski definition) is 0. The summed E-state index contributed by atoms with van der Waals surface area (Å²) in [6.07, 6.45) is 1.49. The Balaban J connectivity index is 2.09. The Morgan fingerprint density at radius 3 is 3.08 bits per heavy atom. The number of carbonyl (C=O) groups excluding carboxylic acids is 1. The molecule has 1 fully saturated rings. The van der Waals surface area contributed by atoms with Crippen molar-refractivity contribution in [3.63, 3.8) is 0 Å². The summed E-state index contributed by atoms with van der Waals surface area (Å²) in [7, 11) is 0. The molecule has 1 aromatic heterocycles. The molecular formula is C8H9NO3. The van der Waals surface area contributed by atoms with Gasteiger partial charge in [-0.25, -0.2) is 0 Å². The van der Waals surface area contributed by atoms with Gasteiger partial charge in [0.2, 0.25) is 0 Å². The van der Waals surface area contributed by atoms with E-state index in [1.165, 1.54) is 6.26 Å². The van der Waals surface area contributed by atoms with Gasteiger partial charge in [0.25, 0.3) is 5.91 Å². The van der Waals surface area contributed by atoms with E-state index >= 15 is 0 Å². The number of furan rings is 1. The summed E-state index contributed by atoms with van der Waals surface area (Å²) >= 11 is 0. The Kier molecular flexibility index (Phi) is 1.83. The highest BCUT2D eigenvalue weighted by Gasteiger charge is 2.21. The van der Waals surface area contributed by atoms with E-state index in [1.807, 2.05) is 0 Å². The van der Waals surface area contributed by atoms with Gasteiger partial charge >= 0.3 is 0 Å². The highest BCUT2D eigenvalue weighted by atomic mass is 16.5. The smallest absolute Gasteiger partial charge is 0.291 e. The normalized spacial score (nSPS) is 16.8. The number of hydrogen-bond acceptors (Lipinski definition) is 3. The fourth-order valence-electron chi connectivity index (χ4n) is 1.13. The van der Waals surface area contributed by atoms with Gasteiger partial charge in [-0.2, -0.15) is 0 Å². The zero-order chi connectivity index (χ0) is 8.39. The SMILES string of the molecule is O=C(c1ccco1)N1CCOC1. The first-order valence-electron chi connectivity index (χ1n) is 3.78. The lowest BCUT2D eigenvalue weighted by Crippen LogP contribution is -2.27. The maximum absolute atomic E-state index is 11.5. The van der Waals surface area contributed by atoms with Crippen LogP contribution in [0.25, 0.3) is 0 Å². The molecule has 0 bridgehead atoms. The second kappa shape index (κ2) is 2.98. The Hall–Kier alpha value is -1.29. The summed E-state index contributed by atoms with van der Waals surface area (Å²) in [5, 5.41) is 0. The quantitative estimate of drug-likeness (QED) is 0.618. The molecule has 0 atom stereocenters. The fraction of sp³-hybridized carbons (Fsp3) is 0.375. The van der Waals surface area contributed by atoms with Crippen molar-refractivity contribution in [3.8, 4) is 0 Å². The first kappa shape index (κ1) is 7.36. The zero-order valence-electron chi connectivity index (χ0n) is 6.53. The summed E-state index contributed by atoms with van der Waals surface area (Å²) < 4.78 is 10.0. The minimum absolute atomic E-state index is 0.0995. The van der Waals surface area contributed by atoms with Crippen molar-refractivity contribution in [2.45, 2.75) is 0 Å². The van der Waals surface area contributed by atoms with Gasteiger partial charge in [0.15, 0.2) is 5.76 Å². The maximum atomic E-state index is 11.5. The monoisotopic (exact) mass is 167 g/mol. The molecule has 1 aliphatic rings. The van der Waals surface area contributed by atoms with Crippen molar-refractivity contribution < 1.29 is 13.9 Å². The van der Waals surface area contributed by atoms with Crippen LogP contribution in [0.5, 0.6) is 0 Å². The molecule has 2 rings (SSSR count). The molecule has 0 radical (unpaired) electrons. The van der Waals surface area contributed by atoms with Crippen molar-refractivity contribution >= 4 is 5.91 Å². The topological polar surface area (TPSA) is 42.7 Å². The average molecular weight is 167 g/mol. The van der Waals surface area contributed by atoms with Crippen LogP contribution in [0.3, 0.4) is 0 Å². The molecular weight excluding hydrogens is 158 g/mol. The predicted molar refractivity (Wildman–Crippen MR) is 40.6 cm³/mol. The lowest BCUT2D eigenvalue weighted by molar-refractivity contribution is 0.0664. The Labute approximate surface area is 69.7 Å². The number of nitrogens with zero attached hydrogens (tertiary/aromatic N) is 1. The van der Waals surface area contributed by atoms with Crippen molar-refractivity contribution in [2.24, 2.45) is 0 Å². The summed E-state index contributed by atoms with van der Waals surface area (Å²) in [5.41, 5.74) is 0. The molecule has 0 unspecified atom stereocenters. The van der Waals surface area contributed by atoms with E-state index in [4.69, 9.17) is 9.15 Å². The molecule has 2 heterocycles. The molecule has 4 nitrogen and oxygen atoms in total. The molecule has 0 aromatic carbocycles. The molecule has 0 aliphatic carbocycles. The van der Waals surface area contributed by atoms with Gasteiger partial charge in [-0.15, -0.1) is 0 Å². The van der Waals surface area contributed by atoms with E-state index in [2.05, 4.69) is 0 Å². The van der Waals surface area contributed by atoms with Crippen molar-refractivity contribution in [3.05, 3.63) is 24.2 Å². The molecule has 1 amide bonds. The highest BCUT2D eigenvalue weighted by molar-refractivity contribution is 5.91. The minimum atomic E-state index is -0.0995. The van der Waals surface area contributed by atoms with Gasteiger partial charge in [0.1, 0.15) is 6.73 Å². The van der Waals surface area contributed by atoms with Gasteiger partial charge in [-0.3, -0.25) is 4.79 Å². The Bertz CT molecular complexity index is 262. The molecule has 0 saturated carbocycles. The number of carbonyl (C=O) groups is 1. The summed E-state index contributed by atoms with van der Waals surface area (Å²) in [6, 6.07) is 3.35. The molecule has 1 aromatic rings. The minimum Gasteiger partial charge on any atom is -0.459 e. The number of amides is 1. The third-order valence-electron chi connectivity index (χ3n) is 1.77. The van der Waals surface area contributed by atoms with E-state index in [-0.39, 0.29) is 5.91 Å². The van der Waals surface area contributed by atoms with Gasteiger partial charge in [-0.1, -0.05) is 0 Å². The number of rotatable bonds is 1. The maximum Gasteiger partial charge on any atom is 0.291 e. The van der Waals surface area contributed by atoms with Crippen molar-refractivity contribution in [2.75, 3.05) is 19.9 Å². The molecule has 12 heavy (non-hydrogen) atoms. The van der Waals surface area contributed by atoms with Crippen molar-refractivity contribution in [1.82, 2.24) is 4.90 Å². The van der Waals surface area contributed by atoms with Gasteiger partial charge in [-0.05, 0) is 12.1 Å². The molecule has 1 aliphatic heterocycles. The largest absolute Gasteiger partial charge is 0.459 e. The summed E-state index contributed by atoms with van der Waals surface area (Å²) in [6.45, 7) is 1.64. The van der Waals surface area contributed by atoms with Gasteiger partial charge < -0.3 is 14.1 Å². The van der Waals surface area contributed by atoms with Crippen molar-refractivity contribution in [1.29, 1.82) is 0 Å². The van der Waals surface area contributed by atoms with Crippen LogP contribution in [0.15, 0.2) is 22.8 Å². The lowest BCUT2D eigenvalue weighted by atomic mass is 10.4. The van der Waals surface area contributed by atoms with Crippen LogP contribution >= 0.6 is 0 Å². The lowest BCUT2D eigenvalue weighted by Gasteiger charge is -2.10. The van der Waals surface area contributed by atoms with Crippen LogP contribution in [0.4, 0.5) is 0 Å². The fourth-order valence-corrected chi connectivity index (χ4v) is 1.13. The average Bonchev–Trinajstić information content (AvgIpc) is 2.77. The summed E-state index contributed by atoms with van der Waals surface area (Å²) in [4.78, 5) is 13.1. The van der Waals surface area contributed by atoms with Crippen LogP contribution in [0.2, 0.25) is 0 Å². The standard InChI is InChI=1S/C8H9NO3/c10-8(7-2-1-4-12-7)9-3-5-11-6-9/h1-2,4H,3,5-6H2. The van der Waals surface area contributed by atoms with Crippen LogP contribution in [0, 0.1) is 0 Å². The number of ether oxygens (including phenoxy) is 1. The first-order chi connectivity index (χ1) is 5.88. The summed E-state index contributed by atoms with van der Waals surface area (Å²) in [5.74, 6) is 0.276. The van der Waals surface area contributed by atoms with Crippen LogP contribution in [0.1, 0.15) is 10.6 Å². The van der Waals surface area contributed by atoms with E-state index in [1.54, 1.807) is 17.0 Å². The van der Waals surface area contributed by atoms with Crippen LogP contribution in [-0.2, 0) is 4.74 Å². The van der Waals surface area contributed by atoms with E-state index < -0.39 is 0 Å². The van der Waals surface area contributed by atoms with Gasteiger partial charge in [0.05, 0.1) is 12.9 Å². The first-order valence-corrected chi connectivity index (χ1v) is 3.78. The third kappa shape index (κ3) is 1.21. The van der Waals surface area contributed by atoms with E-state index in [0.29, 0.717) is 25.6 Å². The second-order valence-electron chi connectivity index (χ2n) is 2.58.